The molecule has 6 heteroatoms. The molecule has 1 fully saturated rings. The number of nitrogens with zero attached hydrogens (tertiary/aromatic N) is 3. The van der Waals surface area contributed by atoms with Crippen LogP contribution in [0.3, 0.4) is 0 Å². The Hall–Kier alpha value is -2.26. The first kappa shape index (κ1) is 13.7. The van der Waals surface area contributed by atoms with Gasteiger partial charge in [0.1, 0.15) is 12.2 Å². The fourth-order valence-electron chi connectivity index (χ4n) is 3.28. The first-order chi connectivity index (χ1) is 10.2. The molecule has 0 spiro atoms. The summed E-state index contributed by atoms with van der Waals surface area (Å²) in [5, 5.41) is 10.3. The Labute approximate surface area is 124 Å². The molecule has 6 nitrogen and oxygen atoms in total. The van der Waals surface area contributed by atoms with E-state index in [1.807, 2.05) is 12.3 Å². The summed E-state index contributed by atoms with van der Waals surface area (Å²) >= 11 is 0. The summed E-state index contributed by atoms with van der Waals surface area (Å²) in [6, 6.07) is 4.22. The van der Waals surface area contributed by atoms with Crippen molar-refractivity contribution in [2.75, 3.05) is 0 Å². The lowest BCUT2D eigenvalue weighted by atomic mass is 9.79. The van der Waals surface area contributed by atoms with Gasteiger partial charge in [-0.2, -0.15) is 5.26 Å². The van der Waals surface area contributed by atoms with Crippen LogP contribution in [-0.4, -0.2) is 16.3 Å². The second-order valence-corrected chi connectivity index (χ2v) is 5.78. The summed E-state index contributed by atoms with van der Waals surface area (Å²) in [4.78, 5) is 7.33. The second kappa shape index (κ2) is 5.62. The molecule has 1 aromatic heterocycles. The highest BCUT2D eigenvalue weighted by Gasteiger charge is 2.28. The fraction of sp³-hybridized carbons (Fsp3) is 0.467. The van der Waals surface area contributed by atoms with Crippen molar-refractivity contribution in [3.8, 4) is 6.07 Å². The quantitative estimate of drug-likeness (QED) is 0.723. The van der Waals surface area contributed by atoms with E-state index in [0.717, 1.165) is 48.5 Å². The third-order valence-corrected chi connectivity index (χ3v) is 4.49. The number of aromatic amines is 1. The summed E-state index contributed by atoms with van der Waals surface area (Å²) in [5.41, 5.74) is 9.06. The molecule has 0 unspecified atom stereocenters. The lowest BCUT2D eigenvalue weighted by molar-refractivity contribution is 0.303. The normalized spacial score (nSPS) is 27.1. The molecule has 0 saturated heterocycles. The lowest BCUT2D eigenvalue weighted by Crippen LogP contribution is -2.33. The number of hydrogen-bond donors (Lipinski definition) is 3. The summed E-state index contributed by atoms with van der Waals surface area (Å²) in [5.74, 6) is 7.67. The number of H-pyrrole nitrogens is 1. The number of allylic oxidation sites excluding steroid dienone is 1. The van der Waals surface area contributed by atoms with Crippen LogP contribution in [0.5, 0.6) is 0 Å². The number of aliphatic imine (C=N–C) groups is 1. The molecule has 1 aliphatic carbocycles. The Morgan fingerprint density at radius 2 is 2.19 bits per heavy atom. The predicted molar refractivity (Wildman–Crippen MR) is 81.8 cm³/mol. The molecule has 21 heavy (non-hydrogen) atoms. The van der Waals surface area contributed by atoms with Crippen molar-refractivity contribution in [3.63, 3.8) is 0 Å². The van der Waals surface area contributed by atoms with Crippen LogP contribution in [0.4, 0.5) is 5.82 Å². The molecule has 110 valence electrons. The van der Waals surface area contributed by atoms with Crippen LogP contribution >= 0.6 is 0 Å². The highest BCUT2D eigenvalue weighted by atomic mass is 15.4. The molecule has 1 aromatic rings. The highest BCUT2D eigenvalue weighted by Crippen LogP contribution is 2.38. The Balaban J connectivity index is 1.83. The van der Waals surface area contributed by atoms with Gasteiger partial charge in [0.25, 0.3) is 0 Å². The molecule has 3 rings (SSSR count). The van der Waals surface area contributed by atoms with Crippen LogP contribution in [0.15, 0.2) is 23.0 Å². The number of fused-ring (bicyclic) bond motifs is 1. The highest BCUT2D eigenvalue weighted by molar-refractivity contribution is 5.86. The minimum absolute atomic E-state index is 0.329. The van der Waals surface area contributed by atoms with Crippen molar-refractivity contribution in [2.45, 2.75) is 32.1 Å². The Kier molecular flexibility index (Phi) is 3.67. The first-order valence-electron chi connectivity index (χ1n) is 7.33. The number of aromatic nitrogens is 1. The largest absolute Gasteiger partial charge is 0.400 e. The molecule has 1 saturated carbocycles. The zero-order valence-electron chi connectivity index (χ0n) is 11.9. The van der Waals surface area contributed by atoms with E-state index < -0.39 is 0 Å². The molecule has 0 bridgehead atoms. The molecule has 1 aliphatic heterocycles. The van der Waals surface area contributed by atoms with Crippen LogP contribution in [0, 0.1) is 23.2 Å². The third kappa shape index (κ3) is 2.52. The van der Waals surface area contributed by atoms with Crippen molar-refractivity contribution in [2.24, 2.45) is 28.4 Å². The van der Waals surface area contributed by atoms with Gasteiger partial charge in [-0.1, -0.05) is 0 Å². The van der Waals surface area contributed by atoms with Gasteiger partial charge >= 0.3 is 0 Å². The molecule has 0 aromatic carbocycles. The van der Waals surface area contributed by atoms with Crippen molar-refractivity contribution in [1.82, 2.24) is 9.99 Å². The summed E-state index contributed by atoms with van der Waals surface area (Å²) < 4.78 is 0. The van der Waals surface area contributed by atoms with Gasteiger partial charge in [-0.3, -0.25) is 5.01 Å². The molecule has 2 heterocycles. The van der Waals surface area contributed by atoms with Crippen molar-refractivity contribution in [3.05, 3.63) is 23.5 Å². The number of hydrazine groups is 1. The Bertz CT molecular complexity index is 612. The van der Waals surface area contributed by atoms with Gasteiger partial charge in [-0.15, -0.1) is 0 Å². The maximum Gasteiger partial charge on any atom is 0.141 e. The maximum atomic E-state index is 8.79. The summed E-state index contributed by atoms with van der Waals surface area (Å²) in [6.45, 7) is 0. The second-order valence-electron chi connectivity index (χ2n) is 5.78. The maximum absolute atomic E-state index is 8.79. The topological polar surface area (TPSA) is 107 Å². The fourth-order valence-corrected chi connectivity index (χ4v) is 3.28. The Morgan fingerprint density at radius 1 is 1.43 bits per heavy atom. The van der Waals surface area contributed by atoms with Gasteiger partial charge in [0.05, 0.1) is 11.8 Å². The number of nitrogens with one attached hydrogen (secondary N) is 1. The number of nitriles is 1. The van der Waals surface area contributed by atoms with E-state index in [-0.39, 0.29) is 0 Å². The van der Waals surface area contributed by atoms with Gasteiger partial charge in [0, 0.05) is 29.8 Å². The lowest BCUT2D eigenvalue weighted by Gasteiger charge is -2.31. The number of hydrogen-bond acceptors (Lipinski definition) is 5. The molecular formula is C15H20N6. The van der Waals surface area contributed by atoms with Crippen molar-refractivity contribution >= 4 is 17.9 Å². The smallest absolute Gasteiger partial charge is 0.141 e. The van der Waals surface area contributed by atoms with Crippen LogP contribution in [0.2, 0.25) is 0 Å². The van der Waals surface area contributed by atoms with E-state index in [2.05, 4.69) is 16.0 Å². The monoisotopic (exact) mass is 284 g/mol. The third-order valence-electron chi connectivity index (χ3n) is 4.49. The average molecular weight is 284 g/mol. The molecule has 0 radical (unpaired) electrons. The van der Waals surface area contributed by atoms with Gasteiger partial charge in [-0.05, 0) is 37.7 Å². The number of rotatable bonds is 2. The van der Waals surface area contributed by atoms with E-state index in [0.29, 0.717) is 18.3 Å². The Morgan fingerprint density at radius 3 is 2.90 bits per heavy atom. The van der Waals surface area contributed by atoms with Gasteiger partial charge < -0.3 is 10.7 Å². The average Bonchev–Trinajstić information content (AvgIpc) is 2.96. The summed E-state index contributed by atoms with van der Waals surface area (Å²) in [7, 11) is 0. The van der Waals surface area contributed by atoms with E-state index >= 15 is 0 Å². The van der Waals surface area contributed by atoms with E-state index in [1.165, 1.54) is 5.01 Å². The number of nitrogens with two attached hydrogens (primary N) is 2. The van der Waals surface area contributed by atoms with Gasteiger partial charge in [-0.25, -0.2) is 10.8 Å². The molecule has 5 N–H and O–H groups in total. The first-order valence-corrected chi connectivity index (χ1v) is 7.33. The standard InChI is InChI=1S/C15H20N6/c16-7-5-10-1-3-11(4-2-10)13(17)14-12-6-8-19-15(12)20-9-21(14)18/h6,8-11,19H,1-5,17-18H2/b14-13-. The molecule has 0 amide bonds. The predicted octanol–water partition coefficient (Wildman–Crippen LogP) is 2.21. The SMILES string of the molecule is N#CCC1CCC(/C(N)=C2\c3cc[nH]c3N=CN2N)CC1. The molecule has 0 atom stereocenters. The van der Waals surface area contributed by atoms with Crippen LogP contribution in [0.25, 0.3) is 5.70 Å². The summed E-state index contributed by atoms with van der Waals surface area (Å²) in [6.07, 6.45) is 8.25. The molecule has 2 aliphatic rings. The van der Waals surface area contributed by atoms with Gasteiger partial charge in [0.2, 0.25) is 0 Å². The van der Waals surface area contributed by atoms with E-state index in [9.17, 15) is 0 Å². The van der Waals surface area contributed by atoms with Crippen molar-refractivity contribution in [1.29, 1.82) is 5.26 Å². The van der Waals surface area contributed by atoms with Crippen molar-refractivity contribution < 1.29 is 0 Å². The zero-order valence-corrected chi connectivity index (χ0v) is 11.9. The van der Waals surface area contributed by atoms with Crippen LogP contribution in [-0.2, 0) is 0 Å². The van der Waals surface area contributed by atoms with E-state index in [1.54, 1.807) is 6.34 Å². The van der Waals surface area contributed by atoms with Gasteiger partial charge in [0.15, 0.2) is 0 Å². The minimum atomic E-state index is 0.329. The minimum Gasteiger partial charge on any atom is -0.400 e. The van der Waals surface area contributed by atoms with Crippen LogP contribution in [0.1, 0.15) is 37.7 Å². The van der Waals surface area contributed by atoms with Crippen LogP contribution < -0.4 is 11.6 Å². The molecular weight excluding hydrogens is 264 g/mol. The zero-order chi connectivity index (χ0) is 14.8. The van der Waals surface area contributed by atoms with E-state index in [4.69, 9.17) is 16.8 Å².